The van der Waals surface area contributed by atoms with Crippen LogP contribution in [0, 0.1) is 0 Å². The van der Waals surface area contributed by atoms with Crippen LogP contribution in [0.2, 0.25) is 0 Å². The second-order valence-electron chi connectivity index (χ2n) is 11.8. The first-order chi connectivity index (χ1) is 17.8. The fourth-order valence-corrected chi connectivity index (χ4v) is 6.66. The summed E-state index contributed by atoms with van der Waals surface area (Å²) in [5.74, 6) is 0.144. The average molecular weight is 532 g/mol. The highest BCUT2D eigenvalue weighted by atomic mass is 32.2. The molecule has 4 nitrogen and oxygen atoms in total. The van der Waals surface area contributed by atoms with Crippen LogP contribution in [-0.2, 0) is 4.79 Å². The summed E-state index contributed by atoms with van der Waals surface area (Å²) in [6.07, 6.45) is 21.9. The molecule has 2 N–H and O–H groups in total. The van der Waals surface area contributed by atoms with E-state index >= 15 is 0 Å². The molecule has 0 bridgehead atoms. The van der Waals surface area contributed by atoms with E-state index in [-0.39, 0.29) is 22.1 Å². The number of carbonyl (C=O) groups is 1. The van der Waals surface area contributed by atoms with Crippen LogP contribution >= 0.6 is 11.8 Å². The Hall–Kier alpha value is -1.20. The molecule has 1 saturated heterocycles. The lowest BCUT2D eigenvalue weighted by Gasteiger charge is -2.24. The molecule has 1 aliphatic heterocycles. The van der Waals surface area contributed by atoms with E-state index in [2.05, 4.69) is 74.7 Å². The number of hydrogen-bond acceptors (Lipinski definition) is 4. The molecular weight excluding hydrogens is 474 g/mol. The van der Waals surface area contributed by atoms with Gasteiger partial charge in [-0.1, -0.05) is 115 Å². The molecule has 1 aromatic rings. The second kappa shape index (κ2) is 18.2. The lowest BCUT2D eigenvalue weighted by molar-refractivity contribution is -0.123. The van der Waals surface area contributed by atoms with E-state index in [1.807, 2.05) is 11.8 Å². The van der Waals surface area contributed by atoms with E-state index in [0.717, 1.165) is 13.0 Å². The van der Waals surface area contributed by atoms with Crippen LogP contribution in [0.4, 0.5) is 5.69 Å². The molecule has 2 rings (SSSR count). The Morgan fingerprint density at radius 1 is 0.811 bits per heavy atom. The Morgan fingerprint density at radius 3 is 1.73 bits per heavy atom. The molecule has 2 atom stereocenters. The van der Waals surface area contributed by atoms with E-state index < -0.39 is 0 Å². The highest BCUT2D eigenvalue weighted by molar-refractivity contribution is 8.01. The summed E-state index contributed by atoms with van der Waals surface area (Å²) in [4.78, 5) is 15.1. The van der Waals surface area contributed by atoms with Gasteiger partial charge in [-0.3, -0.25) is 10.1 Å². The van der Waals surface area contributed by atoms with Crippen LogP contribution < -0.4 is 15.5 Å². The number of unbranched alkanes of at least 4 members (excludes halogenated alkanes) is 15. The number of hydrogen-bond donors (Lipinski definition) is 2. The zero-order chi connectivity index (χ0) is 26.9. The standard InChI is InChI=1S/C32H57N3OS/c1-6-7-8-9-10-11-12-13-14-15-16-17-18-19-20-21-26-33-30(36)29-32(2,3)37-31(34-29)27-22-24-28(25-23-27)35(4)5/h22-25,29,31,34H,6-21,26H2,1-5H3,(H,33,36)/t29-,31?/m1/s1. The summed E-state index contributed by atoms with van der Waals surface area (Å²) in [7, 11) is 4.11. The molecule has 1 fully saturated rings. The number of amides is 1. The summed E-state index contributed by atoms with van der Waals surface area (Å²) in [5, 5.41) is 6.94. The van der Waals surface area contributed by atoms with Gasteiger partial charge in [-0.15, -0.1) is 11.8 Å². The predicted octanol–water partition coefficient (Wildman–Crippen LogP) is 8.61. The van der Waals surface area contributed by atoms with Crippen molar-refractivity contribution >= 4 is 23.4 Å². The topological polar surface area (TPSA) is 44.4 Å². The molecule has 1 heterocycles. The van der Waals surface area contributed by atoms with Gasteiger partial charge < -0.3 is 10.2 Å². The third-order valence-electron chi connectivity index (χ3n) is 7.74. The molecule has 0 aromatic heterocycles. The maximum absolute atomic E-state index is 12.9. The van der Waals surface area contributed by atoms with Crippen LogP contribution in [0.3, 0.4) is 0 Å². The van der Waals surface area contributed by atoms with E-state index in [1.54, 1.807) is 0 Å². The number of anilines is 1. The van der Waals surface area contributed by atoms with Gasteiger partial charge >= 0.3 is 0 Å². The van der Waals surface area contributed by atoms with Gasteiger partial charge in [0, 0.05) is 31.1 Å². The van der Waals surface area contributed by atoms with Crippen molar-refractivity contribution in [3.8, 4) is 0 Å². The zero-order valence-corrected chi connectivity index (χ0v) is 25.6. The highest BCUT2D eigenvalue weighted by Gasteiger charge is 2.45. The van der Waals surface area contributed by atoms with Crippen molar-refractivity contribution in [2.45, 2.75) is 140 Å². The molecule has 37 heavy (non-hydrogen) atoms. The van der Waals surface area contributed by atoms with E-state index in [1.165, 1.54) is 108 Å². The molecule has 1 aromatic carbocycles. The molecule has 1 aliphatic rings. The average Bonchev–Trinajstić information content (AvgIpc) is 3.21. The van der Waals surface area contributed by atoms with Crippen LogP contribution in [0.25, 0.3) is 0 Å². The van der Waals surface area contributed by atoms with Crippen molar-refractivity contribution in [2.24, 2.45) is 0 Å². The molecule has 1 unspecified atom stereocenters. The minimum Gasteiger partial charge on any atom is -0.378 e. The minimum absolute atomic E-state index is 0.135. The van der Waals surface area contributed by atoms with Crippen LogP contribution in [0.5, 0.6) is 0 Å². The summed E-state index contributed by atoms with van der Waals surface area (Å²) in [5.41, 5.74) is 2.43. The fraction of sp³-hybridized carbons (Fsp3) is 0.781. The lowest BCUT2D eigenvalue weighted by Crippen LogP contribution is -2.50. The zero-order valence-electron chi connectivity index (χ0n) is 24.7. The third kappa shape index (κ3) is 12.5. The van der Waals surface area contributed by atoms with E-state index in [9.17, 15) is 4.79 Å². The Labute approximate surface area is 233 Å². The lowest BCUT2D eigenvalue weighted by atomic mass is 10.0. The fourth-order valence-electron chi connectivity index (χ4n) is 5.25. The van der Waals surface area contributed by atoms with Crippen molar-refractivity contribution in [3.63, 3.8) is 0 Å². The number of thioether (sulfide) groups is 1. The van der Waals surface area contributed by atoms with Gasteiger partial charge in [-0.05, 0) is 38.0 Å². The first kappa shape index (κ1) is 32.0. The first-order valence-electron chi connectivity index (χ1n) is 15.3. The van der Waals surface area contributed by atoms with Crippen molar-refractivity contribution in [2.75, 3.05) is 25.5 Å². The number of rotatable bonds is 20. The normalized spacial score (nSPS) is 18.7. The van der Waals surface area contributed by atoms with E-state index in [4.69, 9.17) is 0 Å². The Balaban J connectivity index is 1.48. The number of nitrogens with zero attached hydrogens (tertiary/aromatic N) is 1. The van der Waals surface area contributed by atoms with Crippen molar-refractivity contribution in [1.82, 2.24) is 10.6 Å². The first-order valence-corrected chi connectivity index (χ1v) is 16.2. The molecule has 0 aliphatic carbocycles. The minimum atomic E-state index is -0.169. The summed E-state index contributed by atoms with van der Waals surface area (Å²) in [6, 6.07) is 8.47. The van der Waals surface area contributed by atoms with Gasteiger partial charge in [0.25, 0.3) is 0 Å². The SMILES string of the molecule is CCCCCCCCCCCCCCCCCCNC(=O)[C@H]1NC(c2ccc(N(C)C)cc2)SC1(C)C. The Kier molecular flexibility index (Phi) is 15.7. The van der Waals surface area contributed by atoms with Gasteiger partial charge in [0.15, 0.2) is 0 Å². The maximum atomic E-state index is 12.9. The Bertz CT molecular complexity index is 734. The molecular formula is C32H57N3OS. The molecule has 0 spiro atoms. The maximum Gasteiger partial charge on any atom is 0.238 e. The molecule has 5 heteroatoms. The predicted molar refractivity (Wildman–Crippen MR) is 165 cm³/mol. The van der Waals surface area contributed by atoms with Gasteiger partial charge in [0.05, 0.1) is 5.37 Å². The number of benzene rings is 1. The largest absolute Gasteiger partial charge is 0.378 e. The van der Waals surface area contributed by atoms with Crippen molar-refractivity contribution in [3.05, 3.63) is 29.8 Å². The van der Waals surface area contributed by atoms with Crippen LogP contribution in [0.15, 0.2) is 24.3 Å². The van der Waals surface area contributed by atoms with Crippen molar-refractivity contribution in [1.29, 1.82) is 0 Å². The summed E-state index contributed by atoms with van der Waals surface area (Å²) >= 11 is 1.85. The quantitative estimate of drug-likeness (QED) is 0.165. The monoisotopic (exact) mass is 531 g/mol. The van der Waals surface area contributed by atoms with Gasteiger partial charge in [-0.25, -0.2) is 0 Å². The van der Waals surface area contributed by atoms with Crippen molar-refractivity contribution < 1.29 is 4.79 Å². The third-order valence-corrected chi connectivity index (χ3v) is 9.23. The summed E-state index contributed by atoms with van der Waals surface area (Å²) in [6.45, 7) is 7.43. The molecule has 212 valence electrons. The Morgan fingerprint density at radius 2 is 1.27 bits per heavy atom. The van der Waals surface area contributed by atoms with Gasteiger partial charge in [0.2, 0.25) is 5.91 Å². The van der Waals surface area contributed by atoms with Crippen LogP contribution in [0.1, 0.15) is 134 Å². The van der Waals surface area contributed by atoms with Crippen LogP contribution in [-0.4, -0.2) is 37.3 Å². The van der Waals surface area contributed by atoms with E-state index in [0.29, 0.717) is 0 Å². The van der Waals surface area contributed by atoms with Gasteiger partial charge in [0.1, 0.15) is 6.04 Å². The highest BCUT2D eigenvalue weighted by Crippen LogP contribution is 2.45. The molecule has 0 saturated carbocycles. The van der Waals surface area contributed by atoms with Gasteiger partial charge in [-0.2, -0.15) is 0 Å². The smallest absolute Gasteiger partial charge is 0.238 e. The number of nitrogens with one attached hydrogen (secondary N) is 2. The molecule has 1 amide bonds. The number of carbonyl (C=O) groups excluding carboxylic acids is 1. The molecule has 0 radical (unpaired) electrons. The second-order valence-corrected chi connectivity index (χ2v) is 13.5. The summed E-state index contributed by atoms with van der Waals surface area (Å²) < 4.78 is -0.135.